The first-order chi connectivity index (χ1) is 11.6. The molecule has 2 N–H and O–H groups in total. The van der Waals surface area contributed by atoms with Crippen LogP contribution in [0.4, 0.5) is 11.4 Å². The molecule has 1 aromatic heterocycles. The Bertz CT molecular complexity index is 928. The van der Waals surface area contributed by atoms with Crippen molar-refractivity contribution >= 4 is 28.3 Å². The van der Waals surface area contributed by atoms with Gasteiger partial charge in [-0.05, 0) is 37.1 Å². The molecule has 0 aliphatic carbocycles. The number of fused-ring (bicyclic) bond motifs is 1. The van der Waals surface area contributed by atoms with Crippen LogP contribution in [0.15, 0.2) is 36.4 Å². The van der Waals surface area contributed by atoms with Crippen molar-refractivity contribution < 1.29 is 4.79 Å². The molecule has 1 aliphatic rings. The number of imidazole rings is 1. The molecule has 122 valence electrons. The summed E-state index contributed by atoms with van der Waals surface area (Å²) in [6, 6.07) is 12.4. The number of amides is 1. The third-order valence-corrected chi connectivity index (χ3v) is 4.58. The lowest BCUT2D eigenvalue weighted by Crippen LogP contribution is -2.43. The van der Waals surface area contributed by atoms with Gasteiger partial charge in [0.2, 0.25) is 5.91 Å². The van der Waals surface area contributed by atoms with E-state index >= 15 is 0 Å². The van der Waals surface area contributed by atoms with E-state index in [1.165, 1.54) is 11.1 Å². The van der Waals surface area contributed by atoms with Crippen molar-refractivity contribution in [3.8, 4) is 0 Å². The van der Waals surface area contributed by atoms with Crippen LogP contribution in [0.1, 0.15) is 23.4 Å². The molecule has 0 saturated carbocycles. The predicted octanol–water partition coefficient (Wildman–Crippen LogP) is 3.53. The van der Waals surface area contributed by atoms with Gasteiger partial charge in [0.15, 0.2) is 0 Å². The Morgan fingerprint density at radius 1 is 1.25 bits per heavy atom. The zero-order valence-electron chi connectivity index (χ0n) is 13.9. The maximum absolute atomic E-state index is 11.8. The van der Waals surface area contributed by atoms with Crippen LogP contribution in [-0.4, -0.2) is 22.4 Å². The fourth-order valence-corrected chi connectivity index (χ4v) is 3.10. The lowest BCUT2D eigenvalue weighted by molar-refractivity contribution is -0.122. The number of hydrogen-bond donors (Lipinski definition) is 2. The maximum Gasteiger partial charge on any atom is 0.228 e. The molecule has 1 aliphatic heterocycles. The number of carbonyl (C=O) groups is 1. The highest BCUT2D eigenvalue weighted by molar-refractivity contribution is 6.02. The molecule has 5 heteroatoms. The summed E-state index contributed by atoms with van der Waals surface area (Å²) in [4.78, 5) is 21.5. The SMILES string of the molecule is Cc1nc2c(NCc3ccccc3C)cc(N3CCC3=O)cc2[nH]1. The molecule has 2 heterocycles. The van der Waals surface area contributed by atoms with Crippen LogP contribution in [0.2, 0.25) is 0 Å². The minimum Gasteiger partial charge on any atom is -0.379 e. The Morgan fingerprint density at radius 3 is 2.79 bits per heavy atom. The number of β-lactam (4-membered cyclic amide) rings is 1. The standard InChI is InChI=1S/C19H20N4O/c1-12-5-3-4-6-14(12)11-20-16-9-15(23-8-7-18(23)24)10-17-19(16)22-13(2)21-17/h3-6,9-10,20H,7-8,11H2,1-2H3,(H,21,22). The van der Waals surface area contributed by atoms with Crippen molar-refractivity contribution in [3.05, 3.63) is 53.3 Å². The number of rotatable bonds is 4. The van der Waals surface area contributed by atoms with E-state index in [1.807, 2.05) is 36.1 Å². The number of aromatic nitrogens is 2. The van der Waals surface area contributed by atoms with Gasteiger partial charge in [0.1, 0.15) is 11.3 Å². The van der Waals surface area contributed by atoms with E-state index in [0.717, 1.165) is 41.3 Å². The largest absolute Gasteiger partial charge is 0.379 e. The van der Waals surface area contributed by atoms with Crippen molar-refractivity contribution in [3.63, 3.8) is 0 Å². The molecule has 1 fully saturated rings. The fourth-order valence-electron chi connectivity index (χ4n) is 3.10. The molecule has 1 amide bonds. The van der Waals surface area contributed by atoms with Gasteiger partial charge in [0, 0.05) is 25.2 Å². The highest BCUT2D eigenvalue weighted by Gasteiger charge is 2.26. The number of nitrogens with one attached hydrogen (secondary N) is 2. The average Bonchev–Trinajstić information content (AvgIpc) is 2.93. The number of hydrogen-bond acceptors (Lipinski definition) is 3. The van der Waals surface area contributed by atoms with Gasteiger partial charge in [-0.2, -0.15) is 0 Å². The van der Waals surface area contributed by atoms with Crippen molar-refractivity contribution in [2.45, 2.75) is 26.8 Å². The second kappa shape index (κ2) is 5.67. The van der Waals surface area contributed by atoms with Crippen molar-refractivity contribution in [1.29, 1.82) is 0 Å². The molecule has 24 heavy (non-hydrogen) atoms. The van der Waals surface area contributed by atoms with Gasteiger partial charge in [0.25, 0.3) is 0 Å². The number of H-pyrrole nitrogens is 1. The Labute approximate surface area is 140 Å². The van der Waals surface area contributed by atoms with Gasteiger partial charge in [-0.1, -0.05) is 24.3 Å². The van der Waals surface area contributed by atoms with E-state index in [0.29, 0.717) is 6.42 Å². The summed E-state index contributed by atoms with van der Waals surface area (Å²) in [7, 11) is 0. The lowest BCUT2D eigenvalue weighted by Gasteiger charge is -2.31. The number of anilines is 2. The average molecular weight is 320 g/mol. The molecule has 0 radical (unpaired) electrons. The van der Waals surface area contributed by atoms with E-state index in [2.05, 4.69) is 34.3 Å². The first-order valence-electron chi connectivity index (χ1n) is 8.21. The molecule has 5 nitrogen and oxygen atoms in total. The van der Waals surface area contributed by atoms with Crippen LogP contribution in [-0.2, 0) is 11.3 Å². The predicted molar refractivity (Wildman–Crippen MR) is 96.3 cm³/mol. The zero-order valence-corrected chi connectivity index (χ0v) is 13.9. The first-order valence-corrected chi connectivity index (χ1v) is 8.21. The molecule has 0 unspecified atom stereocenters. The van der Waals surface area contributed by atoms with E-state index < -0.39 is 0 Å². The Hall–Kier alpha value is -2.82. The Kier molecular flexibility index (Phi) is 3.49. The van der Waals surface area contributed by atoms with Gasteiger partial charge in [-0.3, -0.25) is 4.79 Å². The molecule has 0 atom stereocenters. The minimum atomic E-state index is 0.176. The molecule has 0 spiro atoms. The van der Waals surface area contributed by atoms with E-state index in [-0.39, 0.29) is 5.91 Å². The van der Waals surface area contributed by atoms with Crippen LogP contribution in [0.3, 0.4) is 0 Å². The van der Waals surface area contributed by atoms with Crippen LogP contribution >= 0.6 is 0 Å². The minimum absolute atomic E-state index is 0.176. The number of nitrogens with zero attached hydrogens (tertiary/aromatic N) is 2. The molecular weight excluding hydrogens is 300 g/mol. The molecule has 4 rings (SSSR count). The second-order valence-corrected chi connectivity index (χ2v) is 6.29. The number of aromatic amines is 1. The number of aryl methyl sites for hydroxylation is 2. The van der Waals surface area contributed by atoms with Crippen molar-refractivity contribution in [2.24, 2.45) is 0 Å². The smallest absolute Gasteiger partial charge is 0.228 e. The van der Waals surface area contributed by atoms with Crippen LogP contribution in [0, 0.1) is 13.8 Å². The molecule has 3 aromatic rings. The molecule has 2 aromatic carbocycles. The maximum atomic E-state index is 11.8. The van der Waals surface area contributed by atoms with Crippen LogP contribution in [0.5, 0.6) is 0 Å². The van der Waals surface area contributed by atoms with Crippen molar-refractivity contribution in [1.82, 2.24) is 9.97 Å². The van der Waals surface area contributed by atoms with E-state index in [9.17, 15) is 4.79 Å². The summed E-state index contributed by atoms with van der Waals surface area (Å²) in [6.45, 7) is 5.57. The summed E-state index contributed by atoms with van der Waals surface area (Å²) in [5.74, 6) is 1.05. The van der Waals surface area contributed by atoms with E-state index in [4.69, 9.17) is 0 Å². The highest BCUT2D eigenvalue weighted by atomic mass is 16.2. The lowest BCUT2D eigenvalue weighted by atomic mass is 10.1. The summed E-state index contributed by atoms with van der Waals surface area (Å²) < 4.78 is 0. The molecule has 1 saturated heterocycles. The third kappa shape index (κ3) is 2.52. The summed E-state index contributed by atoms with van der Waals surface area (Å²) in [6.07, 6.45) is 0.631. The van der Waals surface area contributed by atoms with Crippen LogP contribution < -0.4 is 10.2 Å². The van der Waals surface area contributed by atoms with Gasteiger partial charge in [-0.25, -0.2) is 4.98 Å². The second-order valence-electron chi connectivity index (χ2n) is 6.29. The zero-order chi connectivity index (χ0) is 16.7. The van der Waals surface area contributed by atoms with Gasteiger partial charge in [-0.15, -0.1) is 0 Å². The fraction of sp³-hybridized carbons (Fsp3) is 0.263. The summed E-state index contributed by atoms with van der Waals surface area (Å²) >= 11 is 0. The molecule has 0 bridgehead atoms. The third-order valence-electron chi connectivity index (χ3n) is 4.58. The Balaban J connectivity index is 1.70. The molecular formula is C19H20N4O. The normalized spacial score (nSPS) is 14.1. The highest BCUT2D eigenvalue weighted by Crippen LogP contribution is 2.31. The number of benzene rings is 2. The monoisotopic (exact) mass is 320 g/mol. The number of carbonyl (C=O) groups excluding carboxylic acids is 1. The quantitative estimate of drug-likeness (QED) is 0.723. The first kappa shape index (κ1) is 14.8. The topological polar surface area (TPSA) is 61.0 Å². The summed E-state index contributed by atoms with van der Waals surface area (Å²) in [5.41, 5.74) is 6.26. The van der Waals surface area contributed by atoms with E-state index in [1.54, 1.807) is 0 Å². The van der Waals surface area contributed by atoms with Gasteiger partial charge in [0.05, 0.1) is 11.2 Å². The van der Waals surface area contributed by atoms with Gasteiger partial charge >= 0.3 is 0 Å². The van der Waals surface area contributed by atoms with Gasteiger partial charge < -0.3 is 15.2 Å². The Morgan fingerprint density at radius 2 is 2.08 bits per heavy atom. The van der Waals surface area contributed by atoms with Crippen molar-refractivity contribution in [2.75, 3.05) is 16.8 Å². The summed E-state index contributed by atoms with van der Waals surface area (Å²) in [5, 5.41) is 3.50. The van der Waals surface area contributed by atoms with Crippen LogP contribution in [0.25, 0.3) is 11.0 Å².